The summed E-state index contributed by atoms with van der Waals surface area (Å²) < 4.78 is 0. The fourth-order valence-corrected chi connectivity index (χ4v) is 11.8. The first kappa shape index (κ1) is 25.2. The molecular weight excluding hydrogens is 420 g/mol. The van der Waals surface area contributed by atoms with Gasteiger partial charge in [0, 0.05) is 5.41 Å². The lowest BCUT2D eigenvalue weighted by molar-refractivity contribution is -0.255. The van der Waals surface area contributed by atoms with Crippen molar-refractivity contribution in [2.24, 2.45) is 68.3 Å². The smallest absolute Gasteiger partial charge is 0.132 e. The number of fused-ring (bicyclic) bond motifs is 7. The van der Waals surface area contributed by atoms with E-state index in [2.05, 4.69) is 48.1 Å². The Labute approximate surface area is 208 Å². The van der Waals surface area contributed by atoms with Gasteiger partial charge < -0.3 is 10.8 Å². The molecular formula is C30H52N2O2. The zero-order valence-electron chi connectivity index (χ0n) is 22.8. The summed E-state index contributed by atoms with van der Waals surface area (Å²) in [4.78, 5) is 5.41. The average molecular weight is 473 g/mol. The van der Waals surface area contributed by atoms with Crippen LogP contribution in [0.5, 0.6) is 0 Å². The zero-order chi connectivity index (χ0) is 24.9. The van der Waals surface area contributed by atoms with Crippen LogP contribution in [0.25, 0.3) is 0 Å². The van der Waals surface area contributed by atoms with Crippen LogP contribution in [0.15, 0.2) is 12.2 Å². The first-order valence-electron chi connectivity index (χ1n) is 14.2. The van der Waals surface area contributed by atoms with Crippen molar-refractivity contribution in [1.82, 2.24) is 0 Å². The molecule has 5 saturated carbocycles. The molecule has 194 valence electrons. The van der Waals surface area contributed by atoms with E-state index in [9.17, 15) is 5.11 Å². The second kappa shape index (κ2) is 7.79. The van der Waals surface area contributed by atoms with Gasteiger partial charge in [0.15, 0.2) is 0 Å². The first-order valence-corrected chi connectivity index (χ1v) is 14.2. The summed E-state index contributed by atoms with van der Waals surface area (Å²) in [6.45, 7) is 19.3. The number of rotatable bonds is 3. The summed E-state index contributed by atoms with van der Waals surface area (Å²) in [6, 6.07) is 0. The Morgan fingerprint density at radius 3 is 2.24 bits per heavy atom. The molecule has 5 N–H and O–H groups in total. The quantitative estimate of drug-likeness (QED) is 0.260. The van der Waals surface area contributed by atoms with E-state index in [1.807, 2.05) is 0 Å². The van der Waals surface area contributed by atoms with Crippen molar-refractivity contribution in [3.8, 4) is 0 Å². The Morgan fingerprint density at radius 2 is 1.59 bits per heavy atom. The summed E-state index contributed by atoms with van der Waals surface area (Å²) >= 11 is 0. The van der Waals surface area contributed by atoms with Gasteiger partial charge in [0.25, 0.3) is 0 Å². The van der Waals surface area contributed by atoms with Crippen LogP contribution in [-0.4, -0.2) is 17.4 Å². The number of allylic oxidation sites excluding steroid dienone is 1. The molecule has 0 spiro atoms. The Kier molecular flexibility index (Phi) is 5.78. The van der Waals surface area contributed by atoms with Crippen LogP contribution in [0, 0.1) is 56.7 Å². The fourth-order valence-electron chi connectivity index (χ4n) is 11.8. The molecule has 5 aliphatic carbocycles. The summed E-state index contributed by atoms with van der Waals surface area (Å²) in [5.74, 6) is 8.80. The minimum Gasteiger partial charge on any atom is -0.393 e. The highest BCUT2D eigenvalue weighted by Crippen LogP contribution is 2.77. The van der Waals surface area contributed by atoms with Gasteiger partial charge in [-0.15, -0.1) is 0 Å². The highest BCUT2D eigenvalue weighted by Gasteiger charge is 2.71. The van der Waals surface area contributed by atoms with Crippen molar-refractivity contribution in [2.75, 3.05) is 0 Å². The average Bonchev–Trinajstić information content (AvgIpc) is 3.18. The van der Waals surface area contributed by atoms with Crippen LogP contribution in [0.3, 0.4) is 0 Å². The summed E-state index contributed by atoms with van der Waals surface area (Å²) in [6.07, 6.45) is 11.4. The molecule has 5 aliphatic rings. The van der Waals surface area contributed by atoms with Crippen molar-refractivity contribution in [1.29, 1.82) is 0 Å². The monoisotopic (exact) mass is 472 g/mol. The maximum absolute atomic E-state index is 10.9. The van der Waals surface area contributed by atoms with Crippen LogP contribution < -0.4 is 11.6 Å². The lowest BCUT2D eigenvalue weighted by Crippen LogP contribution is -2.67. The lowest BCUT2D eigenvalue weighted by Gasteiger charge is -2.73. The predicted molar refractivity (Wildman–Crippen MR) is 138 cm³/mol. The van der Waals surface area contributed by atoms with Crippen LogP contribution in [0.4, 0.5) is 0 Å². The minimum atomic E-state index is -0.384. The summed E-state index contributed by atoms with van der Waals surface area (Å²) in [5.41, 5.74) is 8.93. The fraction of sp³-hybridized carbons (Fsp3) is 0.933. The SMILES string of the molecule is C=C(C)[C@@H]1CC[C@]2(C(N)ON)CC[C@]3(C)[C@H](CC[C@@H]4[C@@]5(C)CC[C@H](O)C(C)(C)[C@@H]5CC[C@]43C)[C@@H]12. The number of aliphatic hydroxyl groups excluding tert-OH is 1. The molecule has 0 aromatic rings. The van der Waals surface area contributed by atoms with E-state index in [4.69, 9.17) is 16.5 Å². The van der Waals surface area contributed by atoms with Crippen molar-refractivity contribution in [3.63, 3.8) is 0 Å². The normalized spacial score (nSPS) is 54.9. The number of aliphatic hydroxyl groups is 1. The van der Waals surface area contributed by atoms with Gasteiger partial charge in [0.2, 0.25) is 0 Å². The zero-order valence-corrected chi connectivity index (χ0v) is 22.8. The lowest BCUT2D eigenvalue weighted by atomic mass is 9.32. The summed E-state index contributed by atoms with van der Waals surface area (Å²) in [7, 11) is 0. The Hall–Kier alpha value is -0.420. The second-order valence-corrected chi connectivity index (χ2v) is 14.9. The largest absolute Gasteiger partial charge is 0.393 e. The standard InChI is InChI=1S/C30H52N2O2/c1-18(2)19-10-15-30(25(31)34-32)17-16-28(6)20(24(19)30)8-9-22-27(5)13-12-23(33)26(3,4)21(27)11-14-29(22,28)7/h19-25,33H,1,8-17,31-32H2,2-7H3/t19-,20+,21-,22+,23-,24+,25?,27-,28+,29+,30-/m0/s1. The van der Waals surface area contributed by atoms with E-state index < -0.39 is 0 Å². The molecule has 5 rings (SSSR count). The molecule has 11 atom stereocenters. The van der Waals surface area contributed by atoms with Crippen LogP contribution in [0.1, 0.15) is 106 Å². The van der Waals surface area contributed by atoms with Gasteiger partial charge in [0.1, 0.15) is 6.23 Å². The van der Waals surface area contributed by atoms with Crippen molar-refractivity contribution in [2.45, 2.75) is 118 Å². The minimum absolute atomic E-state index is 0.00946. The van der Waals surface area contributed by atoms with Gasteiger partial charge in [-0.3, -0.25) is 4.84 Å². The first-order chi connectivity index (χ1) is 15.8. The highest BCUT2D eigenvalue weighted by atomic mass is 16.6. The Bertz CT molecular complexity index is 842. The van der Waals surface area contributed by atoms with Crippen LogP contribution in [0.2, 0.25) is 0 Å². The molecule has 0 amide bonds. The Morgan fingerprint density at radius 1 is 0.882 bits per heavy atom. The van der Waals surface area contributed by atoms with E-state index in [-0.39, 0.29) is 23.2 Å². The van der Waals surface area contributed by atoms with Gasteiger partial charge in [-0.2, -0.15) is 0 Å². The molecule has 34 heavy (non-hydrogen) atoms. The van der Waals surface area contributed by atoms with Gasteiger partial charge in [-0.05, 0) is 122 Å². The van der Waals surface area contributed by atoms with E-state index in [1.165, 1.54) is 50.5 Å². The molecule has 0 radical (unpaired) electrons. The van der Waals surface area contributed by atoms with Crippen molar-refractivity contribution in [3.05, 3.63) is 12.2 Å². The third kappa shape index (κ3) is 2.92. The van der Waals surface area contributed by atoms with Crippen LogP contribution in [-0.2, 0) is 4.84 Å². The Balaban J connectivity index is 1.56. The number of hydrogen-bond donors (Lipinski definition) is 3. The maximum Gasteiger partial charge on any atom is 0.132 e. The highest BCUT2D eigenvalue weighted by molar-refractivity contribution is 5.22. The third-order valence-electron chi connectivity index (χ3n) is 13.8. The van der Waals surface area contributed by atoms with Crippen molar-refractivity contribution < 1.29 is 9.94 Å². The van der Waals surface area contributed by atoms with Gasteiger partial charge in [-0.1, -0.05) is 46.8 Å². The molecule has 4 heteroatoms. The van der Waals surface area contributed by atoms with E-state index >= 15 is 0 Å². The molecule has 4 nitrogen and oxygen atoms in total. The molecule has 0 saturated heterocycles. The molecule has 0 bridgehead atoms. The predicted octanol–water partition coefficient (Wildman–Crippen LogP) is 6.18. The maximum atomic E-state index is 10.9. The summed E-state index contributed by atoms with van der Waals surface area (Å²) in [5, 5.41) is 10.9. The molecule has 5 fully saturated rings. The molecule has 0 aliphatic heterocycles. The van der Waals surface area contributed by atoms with Crippen molar-refractivity contribution >= 4 is 0 Å². The van der Waals surface area contributed by atoms with E-state index in [1.54, 1.807) is 0 Å². The topological polar surface area (TPSA) is 81.5 Å². The molecule has 0 heterocycles. The van der Waals surface area contributed by atoms with Crippen LogP contribution >= 0.6 is 0 Å². The number of hydrogen-bond acceptors (Lipinski definition) is 4. The van der Waals surface area contributed by atoms with Gasteiger partial charge >= 0.3 is 0 Å². The molecule has 1 unspecified atom stereocenters. The molecule has 0 aromatic heterocycles. The second-order valence-electron chi connectivity index (χ2n) is 14.9. The number of nitrogens with two attached hydrogens (primary N) is 2. The van der Waals surface area contributed by atoms with E-state index in [0.717, 1.165) is 25.2 Å². The van der Waals surface area contributed by atoms with E-state index in [0.29, 0.717) is 39.9 Å². The van der Waals surface area contributed by atoms with Gasteiger partial charge in [-0.25, -0.2) is 5.90 Å². The van der Waals surface area contributed by atoms with Gasteiger partial charge in [0.05, 0.1) is 6.10 Å². The molecule has 0 aromatic carbocycles. The third-order valence-corrected chi connectivity index (χ3v) is 13.8.